The van der Waals surface area contributed by atoms with Crippen LogP contribution in [0.2, 0.25) is 0 Å². The summed E-state index contributed by atoms with van der Waals surface area (Å²) in [6.45, 7) is 1.72. The summed E-state index contributed by atoms with van der Waals surface area (Å²) >= 11 is 0. The smallest absolute Gasteiger partial charge is 0.325 e. The first-order chi connectivity index (χ1) is 19.4. The number of hydrogen-bond acceptors (Lipinski definition) is 7. The van der Waals surface area contributed by atoms with Crippen molar-refractivity contribution in [3.05, 3.63) is 89.3 Å². The van der Waals surface area contributed by atoms with E-state index in [4.69, 9.17) is 14.2 Å². The van der Waals surface area contributed by atoms with E-state index < -0.39 is 11.9 Å². The maximum atomic E-state index is 13.2. The zero-order valence-corrected chi connectivity index (χ0v) is 22.7. The van der Waals surface area contributed by atoms with Crippen molar-refractivity contribution in [1.82, 2.24) is 15.1 Å². The van der Waals surface area contributed by atoms with Gasteiger partial charge in [-0.1, -0.05) is 12.2 Å². The number of anilines is 1. The minimum absolute atomic E-state index is 0.217. The molecule has 208 valence electrons. The summed E-state index contributed by atoms with van der Waals surface area (Å²) in [5.74, 6) is -0.0918. The van der Waals surface area contributed by atoms with Crippen LogP contribution in [-0.2, 0) is 16.0 Å². The van der Waals surface area contributed by atoms with Crippen molar-refractivity contribution in [1.29, 1.82) is 0 Å². The van der Waals surface area contributed by atoms with Crippen molar-refractivity contribution in [2.24, 2.45) is 0 Å². The number of fused-ring (bicyclic) bond motifs is 1. The van der Waals surface area contributed by atoms with Crippen LogP contribution in [0.3, 0.4) is 0 Å². The third-order valence-corrected chi connectivity index (χ3v) is 6.22. The van der Waals surface area contributed by atoms with E-state index in [1.54, 1.807) is 56.2 Å². The Morgan fingerprint density at radius 3 is 2.48 bits per heavy atom. The Morgan fingerprint density at radius 1 is 0.975 bits per heavy atom. The first kappa shape index (κ1) is 28.2. The summed E-state index contributed by atoms with van der Waals surface area (Å²) in [4.78, 5) is 36.9. The molecule has 0 aliphatic carbocycles. The number of carbonyl (C=O) groups is 3. The van der Waals surface area contributed by atoms with E-state index in [1.165, 1.54) is 0 Å². The topological polar surface area (TPSA) is 121 Å². The van der Waals surface area contributed by atoms with E-state index in [2.05, 4.69) is 21.8 Å². The van der Waals surface area contributed by atoms with Gasteiger partial charge < -0.3 is 24.8 Å². The molecule has 1 aromatic heterocycles. The van der Waals surface area contributed by atoms with Gasteiger partial charge in [-0.25, -0.2) is 4.68 Å². The summed E-state index contributed by atoms with van der Waals surface area (Å²) in [5, 5.41) is 10.0. The van der Waals surface area contributed by atoms with Crippen molar-refractivity contribution in [3.63, 3.8) is 0 Å². The van der Waals surface area contributed by atoms with Gasteiger partial charge in [-0.05, 0) is 80.8 Å². The minimum Gasteiger partial charge on any atom is -0.493 e. The summed E-state index contributed by atoms with van der Waals surface area (Å²) in [5.41, 5.74) is 3.68. The Balaban J connectivity index is 1.53. The van der Waals surface area contributed by atoms with Crippen molar-refractivity contribution in [2.75, 3.05) is 32.7 Å². The standard InChI is InChI=1S/C30H32N4O6/c1-4-40-28(35)19-31-29(36)20-11-14-22(15-12-20)32-30(37)24-18-23-9-7-5-6-8-10-25(34(23)33-24)21-13-16-26(38-2)27(17-21)39-3/h6,8,10-18H,4-5,7,9,19H2,1-3H3,(H,31,36)(H,32,37)/b8-6-,25-10-. The van der Waals surface area contributed by atoms with E-state index in [9.17, 15) is 14.4 Å². The number of allylic oxidation sites excluding steroid dienone is 3. The lowest BCUT2D eigenvalue weighted by Crippen LogP contribution is -2.30. The lowest BCUT2D eigenvalue weighted by Gasteiger charge is -2.14. The molecule has 0 unspecified atom stereocenters. The number of nitrogens with one attached hydrogen (secondary N) is 2. The van der Waals surface area contributed by atoms with E-state index >= 15 is 0 Å². The molecular weight excluding hydrogens is 512 g/mol. The maximum absolute atomic E-state index is 13.2. The highest BCUT2D eigenvalue weighted by Crippen LogP contribution is 2.32. The van der Waals surface area contributed by atoms with Crippen LogP contribution in [0.5, 0.6) is 11.5 Å². The SMILES string of the molecule is CCOC(=O)CNC(=O)c1ccc(NC(=O)c2cc3n(n2)/C(c2ccc(OC)c(OC)c2)=C\C=C/CCC3)cc1. The van der Waals surface area contributed by atoms with Gasteiger partial charge in [-0.2, -0.15) is 5.10 Å². The average Bonchev–Trinajstić information content (AvgIpc) is 3.42. The molecule has 2 amide bonds. The molecule has 0 fully saturated rings. The number of ether oxygens (including phenoxy) is 3. The molecular formula is C30H32N4O6. The normalized spacial score (nSPS) is 14.7. The number of benzene rings is 2. The lowest BCUT2D eigenvalue weighted by atomic mass is 10.1. The van der Waals surface area contributed by atoms with Gasteiger partial charge in [0.25, 0.3) is 11.8 Å². The quantitative estimate of drug-likeness (QED) is 0.387. The van der Waals surface area contributed by atoms with Crippen molar-refractivity contribution < 1.29 is 28.6 Å². The van der Waals surface area contributed by atoms with Crippen molar-refractivity contribution in [2.45, 2.75) is 26.2 Å². The van der Waals surface area contributed by atoms with Gasteiger partial charge in [0.15, 0.2) is 17.2 Å². The van der Waals surface area contributed by atoms with Crippen molar-refractivity contribution >= 4 is 29.2 Å². The van der Waals surface area contributed by atoms with Gasteiger partial charge >= 0.3 is 5.97 Å². The highest BCUT2D eigenvalue weighted by Gasteiger charge is 2.19. The Labute approximate surface area is 232 Å². The molecule has 0 radical (unpaired) electrons. The molecule has 0 saturated carbocycles. The number of nitrogens with zero attached hydrogens (tertiary/aromatic N) is 2. The van der Waals surface area contributed by atoms with E-state index in [-0.39, 0.29) is 24.8 Å². The Bertz CT molecular complexity index is 1440. The molecule has 2 aromatic carbocycles. The van der Waals surface area contributed by atoms with Crippen LogP contribution < -0.4 is 20.1 Å². The third-order valence-electron chi connectivity index (χ3n) is 6.22. The Hall–Kier alpha value is -4.86. The van der Waals surface area contributed by atoms with Crippen LogP contribution in [-0.4, -0.2) is 54.9 Å². The molecule has 1 aliphatic rings. The second kappa shape index (κ2) is 13.3. The van der Waals surface area contributed by atoms with Crippen LogP contribution in [0, 0.1) is 0 Å². The van der Waals surface area contributed by atoms with Gasteiger partial charge in [-0.3, -0.25) is 14.4 Å². The van der Waals surface area contributed by atoms with Crippen LogP contribution in [0.15, 0.2) is 66.8 Å². The van der Waals surface area contributed by atoms with E-state index in [0.717, 1.165) is 36.2 Å². The average molecular weight is 545 g/mol. The Kier molecular flexibility index (Phi) is 9.35. The predicted molar refractivity (Wildman–Crippen MR) is 151 cm³/mol. The maximum Gasteiger partial charge on any atom is 0.325 e. The largest absolute Gasteiger partial charge is 0.493 e. The van der Waals surface area contributed by atoms with Crippen LogP contribution in [0.4, 0.5) is 5.69 Å². The number of hydrogen-bond donors (Lipinski definition) is 2. The summed E-state index contributed by atoms with van der Waals surface area (Å²) in [6, 6.07) is 13.8. The number of aromatic nitrogens is 2. The van der Waals surface area contributed by atoms with Gasteiger partial charge in [-0.15, -0.1) is 0 Å². The predicted octanol–water partition coefficient (Wildman–Crippen LogP) is 4.23. The first-order valence-corrected chi connectivity index (χ1v) is 13.0. The number of rotatable bonds is 9. The van der Waals surface area contributed by atoms with Crippen molar-refractivity contribution in [3.8, 4) is 11.5 Å². The van der Waals surface area contributed by atoms with Crippen LogP contribution in [0.25, 0.3) is 5.70 Å². The first-order valence-electron chi connectivity index (χ1n) is 13.0. The minimum atomic E-state index is -0.510. The molecule has 1 aliphatic heterocycles. The molecule has 2 N–H and O–H groups in total. The lowest BCUT2D eigenvalue weighted by molar-refractivity contribution is -0.141. The number of esters is 1. The monoisotopic (exact) mass is 544 g/mol. The second-order valence-electron chi connectivity index (χ2n) is 8.89. The molecule has 4 rings (SSSR count). The van der Waals surface area contributed by atoms with E-state index in [0.29, 0.717) is 22.7 Å². The number of methoxy groups -OCH3 is 2. The molecule has 0 spiro atoms. The highest BCUT2D eigenvalue weighted by atomic mass is 16.5. The number of aryl methyl sites for hydroxylation is 1. The van der Waals surface area contributed by atoms with Crippen LogP contribution in [0.1, 0.15) is 51.9 Å². The van der Waals surface area contributed by atoms with Gasteiger partial charge in [0.1, 0.15) is 6.54 Å². The molecule has 10 heteroatoms. The fraction of sp³-hybridized carbons (Fsp3) is 0.267. The number of carbonyl (C=O) groups excluding carboxylic acids is 3. The second-order valence-corrected chi connectivity index (χ2v) is 8.89. The zero-order chi connectivity index (χ0) is 28.5. The van der Waals surface area contributed by atoms with Gasteiger partial charge in [0.2, 0.25) is 0 Å². The van der Waals surface area contributed by atoms with Gasteiger partial charge in [0, 0.05) is 22.5 Å². The van der Waals surface area contributed by atoms with E-state index in [1.807, 2.05) is 30.4 Å². The molecule has 40 heavy (non-hydrogen) atoms. The molecule has 10 nitrogen and oxygen atoms in total. The van der Waals surface area contributed by atoms with Crippen LogP contribution >= 0.6 is 0 Å². The fourth-order valence-electron chi connectivity index (χ4n) is 4.23. The fourth-order valence-corrected chi connectivity index (χ4v) is 4.23. The molecule has 2 heterocycles. The summed E-state index contributed by atoms with van der Waals surface area (Å²) in [6.07, 6.45) is 8.63. The Morgan fingerprint density at radius 2 is 1.75 bits per heavy atom. The summed E-state index contributed by atoms with van der Waals surface area (Å²) in [7, 11) is 3.17. The number of amides is 2. The molecule has 0 bridgehead atoms. The molecule has 3 aromatic rings. The zero-order valence-electron chi connectivity index (χ0n) is 22.7. The van der Waals surface area contributed by atoms with Gasteiger partial charge in [0.05, 0.1) is 26.5 Å². The highest BCUT2D eigenvalue weighted by molar-refractivity contribution is 6.03. The molecule has 0 saturated heterocycles. The molecule has 0 atom stereocenters. The summed E-state index contributed by atoms with van der Waals surface area (Å²) < 4.78 is 17.5. The third kappa shape index (κ3) is 6.76.